The lowest BCUT2D eigenvalue weighted by molar-refractivity contribution is -0.123. The van der Waals surface area contributed by atoms with Gasteiger partial charge < -0.3 is 9.15 Å². The Morgan fingerprint density at radius 2 is 2.33 bits per heavy atom. The Morgan fingerprint density at radius 3 is 3.00 bits per heavy atom. The summed E-state index contributed by atoms with van der Waals surface area (Å²) >= 11 is 11.2. The molecule has 0 bridgehead atoms. The highest BCUT2D eigenvalue weighted by atomic mass is 127. The number of nitrogens with zero attached hydrogens (tertiary/aromatic N) is 1. The van der Waals surface area contributed by atoms with Crippen molar-refractivity contribution in [3.8, 4) is 5.75 Å². The summed E-state index contributed by atoms with van der Waals surface area (Å²) in [6.07, 6.45) is 1.41. The van der Waals surface area contributed by atoms with E-state index < -0.39 is 0 Å². The van der Waals surface area contributed by atoms with Gasteiger partial charge in [-0.2, -0.15) is 5.10 Å². The first-order chi connectivity index (χ1) is 10.0. The van der Waals surface area contributed by atoms with Crippen LogP contribution in [-0.2, 0) is 4.79 Å². The summed E-state index contributed by atoms with van der Waals surface area (Å²) in [5, 5.41) is 4.32. The average molecular weight is 483 g/mol. The van der Waals surface area contributed by atoms with Crippen molar-refractivity contribution in [1.82, 2.24) is 5.43 Å². The van der Waals surface area contributed by atoms with E-state index in [0.29, 0.717) is 20.3 Å². The van der Waals surface area contributed by atoms with E-state index in [4.69, 9.17) is 20.8 Å². The van der Waals surface area contributed by atoms with E-state index in [2.05, 4.69) is 26.5 Å². The number of hydrogen-bond donors (Lipinski definition) is 1. The van der Waals surface area contributed by atoms with Gasteiger partial charge in [-0.15, -0.1) is 0 Å². The van der Waals surface area contributed by atoms with Crippen molar-refractivity contribution in [2.45, 2.75) is 0 Å². The fourth-order valence-electron chi connectivity index (χ4n) is 1.33. The van der Waals surface area contributed by atoms with E-state index in [-0.39, 0.29) is 12.5 Å². The largest absolute Gasteiger partial charge is 0.484 e. The molecule has 110 valence electrons. The van der Waals surface area contributed by atoms with E-state index in [9.17, 15) is 4.79 Å². The van der Waals surface area contributed by atoms with Gasteiger partial charge in [0.05, 0.1) is 10.7 Å². The lowest BCUT2D eigenvalue weighted by Crippen LogP contribution is -2.24. The molecule has 0 fully saturated rings. The Kier molecular flexibility index (Phi) is 6.07. The molecule has 5 nitrogen and oxygen atoms in total. The van der Waals surface area contributed by atoms with Crippen molar-refractivity contribution in [3.63, 3.8) is 0 Å². The maximum Gasteiger partial charge on any atom is 0.277 e. The second kappa shape index (κ2) is 7.81. The van der Waals surface area contributed by atoms with E-state index in [1.165, 1.54) is 6.21 Å². The third-order valence-electron chi connectivity index (χ3n) is 2.21. The zero-order chi connectivity index (χ0) is 15.2. The number of ether oxygens (including phenoxy) is 1. The van der Waals surface area contributed by atoms with Gasteiger partial charge in [-0.3, -0.25) is 4.79 Å². The van der Waals surface area contributed by atoms with Gasteiger partial charge in [-0.05, 0) is 34.1 Å². The van der Waals surface area contributed by atoms with Crippen LogP contribution in [0.1, 0.15) is 5.76 Å². The highest BCUT2D eigenvalue weighted by Crippen LogP contribution is 2.22. The van der Waals surface area contributed by atoms with Crippen LogP contribution in [-0.4, -0.2) is 18.7 Å². The third kappa shape index (κ3) is 5.33. The first-order valence-electron chi connectivity index (χ1n) is 5.69. The average Bonchev–Trinajstić information content (AvgIpc) is 2.75. The normalized spacial score (nSPS) is 10.8. The summed E-state index contributed by atoms with van der Waals surface area (Å²) in [7, 11) is 0. The minimum Gasteiger partial charge on any atom is -0.484 e. The third-order valence-corrected chi connectivity index (χ3v) is 4.58. The summed E-state index contributed by atoms with van der Waals surface area (Å²) < 4.78 is 12.2. The van der Waals surface area contributed by atoms with Crippen LogP contribution in [0.15, 0.2) is 44.3 Å². The molecular weight excluding hydrogens is 474 g/mol. The second-order valence-corrected chi connectivity index (χ2v) is 6.08. The standard InChI is InChI=1S/C13H9BrClIN2O3/c14-11-5-10(21-13(11)16)6-17-18-12(19)7-20-9-3-1-2-8(15)4-9/h1-6H,7H2,(H,18,19)/b17-6+. The van der Waals surface area contributed by atoms with E-state index >= 15 is 0 Å². The molecule has 2 aromatic rings. The molecule has 1 amide bonds. The van der Waals surface area contributed by atoms with Gasteiger partial charge in [0.1, 0.15) is 11.5 Å². The van der Waals surface area contributed by atoms with Gasteiger partial charge in [0.2, 0.25) is 0 Å². The fourth-order valence-corrected chi connectivity index (χ4v) is 2.23. The first-order valence-corrected chi connectivity index (χ1v) is 7.94. The van der Waals surface area contributed by atoms with Gasteiger partial charge in [0.15, 0.2) is 10.4 Å². The molecule has 0 aliphatic heterocycles. The molecule has 21 heavy (non-hydrogen) atoms. The molecule has 1 aromatic heterocycles. The Labute approximate surface area is 148 Å². The second-order valence-electron chi connectivity index (χ2n) is 3.81. The predicted octanol–water partition coefficient (Wildman–Crippen LogP) is 3.83. The zero-order valence-corrected chi connectivity index (χ0v) is 15.0. The van der Waals surface area contributed by atoms with Crippen molar-refractivity contribution in [2.75, 3.05) is 6.61 Å². The molecule has 8 heteroatoms. The molecule has 0 aliphatic rings. The lowest BCUT2D eigenvalue weighted by atomic mass is 10.3. The number of carbonyl (C=O) groups is 1. The molecule has 0 aliphatic carbocycles. The summed E-state index contributed by atoms with van der Waals surface area (Å²) in [5.74, 6) is 0.667. The summed E-state index contributed by atoms with van der Waals surface area (Å²) in [6, 6.07) is 8.55. The van der Waals surface area contributed by atoms with Crippen molar-refractivity contribution in [2.24, 2.45) is 5.10 Å². The number of amides is 1. The van der Waals surface area contributed by atoms with Crippen molar-refractivity contribution in [1.29, 1.82) is 0 Å². The Morgan fingerprint density at radius 1 is 1.52 bits per heavy atom. The topological polar surface area (TPSA) is 63.8 Å². The quantitative estimate of drug-likeness (QED) is 0.400. The number of furan rings is 1. The molecule has 0 saturated heterocycles. The van der Waals surface area contributed by atoms with Gasteiger partial charge in [-0.1, -0.05) is 17.7 Å². The fraction of sp³-hybridized carbons (Fsp3) is 0.0769. The monoisotopic (exact) mass is 482 g/mol. The van der Waals surface area contributed by atoms with Crippen LogP contribution in [0, 0.1) is 3.77 Å². The smallest absolute Gasteiger partial charge is 0.277 e. The maximum atomic E-state index is 11.5. The zero-order valence-electron chi connectivity index (χ0n) is 10.5. The van der Waals surface area contributed by atoms with Crippen LogP contribution in [0.25, 0.3) is 0 Å². The van der Waals surface area contributed by atoms with Crippen LogP contribution < -0.4 is 10.2 Å². The number of rotatable bonds is 5. The SMILES string of the molecule is O=C(COc1cccc(Cl)c1)N/N=C/c1cc(Br)c(I)o1. The van der Waals surface area contributed by atoms with E-state index in [0.717, 1.165) is 4.47 Å². The van der Waals surface area contributed by atoms with Crippen LogP contribution in [0.2, 0.25) is 5.02 Å². The molecule has 1 aromatic carbocycles. The van der Waals surface area contributed by atoms with Crippen LogP contribution >= 0.6 is 50.1 Å². The molecule has 1 heterocycles. The summed E-state index contributed by atoms with van der Waals surface area (Å²) in [6.45, 7) is -0.156. The van der Waals surface area contributed by atoms with Gasteiger partial charge in [0.25, 0.3) is 5.91 Å². The van der Waals surface area contributed by atoms with E-state index in [1.807, 2.05) is 22.6 Å². The molecule has 0 unspecified atom stereocenters. The van der Waals surface area contributed by atoms with Crippen molar-refractivity contribution >= 4 is 62.2 Å². The minimum atomic E-state index is -0.383. The Hall–Kier alpha value is -1.06. The van der Waals surface area contributed by atoms with Crippen molar-refractivity contribution < 1.29 is 13.9 Å². The van der Waals surface area contributed by atoms with Crippen LogP contribution in [0.5, 0.6) is 5.75 Å². The summed E-state index contributed by atoms with van der Waals surface area (Å²) in [4.78, 5) is 11.5. The van der Waals surface area contributed by atoms with Crippen LogP contribution in [0.3, 0.4) is 0 Å². The van der Waals surface area contributed by atoms with Crippen molar-refractivity contribution in [3.05, 3.63) is 49.4 Å². The number of halogens is 3. The molecule has 2 rings (SSSR count). The number of carbonyl (C=O) groups excluding carboxylic acids is 1. The van der Waals surface area contributed by atoms with Crippen LogP contribution in [0.4, 0.5) is 0 Å². The maximum absolute atomic E-state index is 11.5. The minimum absolute atomic E-state index is 0.156. The Balaban J connectivity index is 1.79. The molecule has 1 N–H and O–H groups in total. The van der Waals surface area contributed by atoms with E-state index in [1.54, 1.807) is 30.3 Å². The predicted molar refractivity (Wildman–Crippen MR) is 91.8 cm³/mol. The molecular formula is C13H9BrClIN2O3. The molecule has 0 spiro atoms. The number of hydrogen-bond acceptors (Lipinski definition) is 4. The molecule has 0 radical (unpaired) electrons. The molecule has 0 atom stereocenters. The van der Waals surface area contributed by atoms with Gasteiger partial charge in [0, 0.05) is 33.7 Å². The number of hydrazone groups is 1. The number of benzene rings is 1. The van der Waals surface area contributed by atoms with Gasteiger partial charge in [-0.25, -0.2) is 5.43 Å². The molecule has 0 saturated carbocycles. The number of nitrogens with one attached hydrogen (secondary N) is 1. The first kappa shape index (κ1) is 16.3. The highest BCUT2D eigenvalue weighted by Gasteiger charge is 2.04. The van der Waals surface area contributed by atoms with Gasteiger partial charge >= 0.3 is 0 Å². The highest BCUT2D eigenvalue weighted by molar-refractivity contribution is 14.1. The lowest BCUT2D eigenvalue weighted by Gasteiger charge is -2.04. The Bertz CT molecular complexity index is 656. The summed E-state index contributed by atoms with van der Waals surface area (Å²) in [5.41, 5.74) is 2.34.